The van der Waals surface area contributed by atoms with Crippen LogP contribution in [0.2, 0.25) is 0 Å². The summed E-state index contributed by atoms with van der Waals surface area (Å²) in [6.07, 6.45) is -0.553. The first-order chi connectivity index (χ1) is 15.9. The third-order valence-corrected chi connectivity index (χ3v) is 6.67. The van der Waals surface area contributed by atoms with Gasteiger partial charge in [-0.1, -0.05) is 32.9 Å². The van der Waals surface area contributed by atoms with Crippen molar-refractivity contribution in [2.24, 2.45) is 0 Å². The number of hydrogen-bond acceptors (Lipinski definition) is 7. The first-order valence-corrected chi connectivity index (χ1v) is 12.6. The van der Waals surface area contributed by atoms with E-state index >= 15 is 0 Å². The number of thioether (sulfide) groups is 1. The Bertz CT molecular complexity index is 955. The first-order valence-electron chi connectivity index (χ1n) is 11.6. The Hall–Kier alpha value is -2.22. The molecule has 0 radical (unpaired) electrons. The van der Waals surface area contributed by atoms with E-state index in [-0.39, 0.29) is 23.2 Å². The largest absolute Gasteiger partial charge is 0.493 e. The minimum absolute atomic E-state index is 0.0673. The van der Waals surface area contributed by atoms with E-state index in [9.17, 15) is 9.90 Å². The molecular formula is C27H39NO5S. The van der Waals surface area contributed by atoms with Crippen LogP contribution in [0.1, 0.15) is 64.5 Å². The van der Waals surface area contributed by atoms with E-state index in [1.807, 2.05) is 56.1 Å². The number of carbonyl (C=O) groups excluding carboxylic acids is 1. The van der Waals surface area contributed by atoms with E-state index in [2.05, 4.69) is 20.8 Å². The van der Waals surface area contributed by atoms with Gasteiger partial charge >= 0.3 is 5.97 Å². The zero-order valence-electron chi connectivity index (χ0n) is 21.7. The highest BCUT2D eigenvalue weighted by Crippen LogP contribution is 2.38. The summed E-state index contributed by atoms with van der Waals surface area (Å²) in [6.45, 7) is 12.7. The molecule has 1 unspecified atom stereocenters. The third kappa shape index (κ3) is 8.22. The van der Waals surface area contributed by atoms with Crippen molar-refractivity contribution in [3.8, 4) is 17.2 Å². The highest BCUT2D eigenvalue weighted by molar-refractivity contribution is 7.99. The Morgan fingerprint density at radius 1 is 1.09 bits per heavy atom. The molecule has 0 bridgehead atoms. The maximum atomic E-state index is 11.9. The molecule has 1 N–H and O–H groups in total. The van der Waals surface area contributed by atoms with Gasteiger partial charge in [-0.05, 0) is 63.2 Å². The fourth-order valence-corrected chi connectivity index (χ4v) is 4.01. The van der Waals surface area contributed by atoms with Crippen molar-refractivity contribution in [1.29, 1.82) is 0 Å². The maximum absolute atomic E-state index is 11.9. The fraction of sp³-hybridized carbons (Fsp3) is 0.519. The predicted molar refractivity (Wildman–Crippen MR) is 139 cm³/mol. The molecule has 0 aromatic heterocycles. The molecule has 2 aromatic rings. The zero-order valence-corrected chi connectivity index (χ0v) is 22.5. The lowest BCUT2D eigenvalue weighted by molar-refractivity contribution is -0.142. The Kier molecular flexibility index (Phi) is 10.3. The van der Waals surface area contributed by atoms with Crippen LogP contribution in [0.5, 0.6) is 17.2 Å². The first kappa shape index (κ1) is 28.0. The molecule has 2 aromatic carbocycles. The highest BCUT2D eigenvalue weighted by atomic mass is 32.2. The Balaban J connectivity index is 2.41. The van der Waals surface area contributed by atoms with Gasteiger partial charge in [-0.3, -0.25) is 9.69 Å². The molecule has 188 valence electrons. The molecule has 0 aliphatic heterocycles. The van der Waals surface area contributed by atoms with Crippen molar-refractivity contribution in [3.05, 3.63) is 53.1 Å². The van der Waals surface area contributed by atoms with Crippen molar-refractivity contribution >= 4 is 17.7 Å². The molecule has 0 aliphatic rings. The van der Waals surface area contributed by atoms with E-state index in [1.54, 1.807) is 31.9 Å². The van der Waals surface area contributed by atoms with Gasteiger partial charge in [0.25, 0.3) is 0 Å². The third-order valence-electron chi connectivity index (χ3n) is 5.35. The molecule has 0 fully saturated rings. The number of aliphatic hydroxyl groups is 1. The summed E-state index contributed by atoms with van der Waals surface area (Å²) in [4.78, 5) is 13.9. The van der Waals surface area contributed by atoms with E-state index in [0.717, 1.165) is 22.4 Å². The number of hydrogen-bond donors (Lipinski definition) is 1. The summed E-state index contributed by atoms with van der Waals surface area (Å²) in [7, 11) is 3.49. The number of rotatable bonds is 11. The molecule has 0 aliphatic carbocycles. The molecule has 34 heavy (non-hydrogen) atoms. The van der Waals surface area contributed by atoms with Crippen molar-refractivity contribution in [2.75, 3.05) is 20.8 Å². The Morgan fingerprint density at radius 2 is 1.76 bits per heavy atom. The summed E-state index contributed by atoms with van der Waals surface area (Å²) >= 11 is 1.81. The minimum atomic E-state index is -0.713. The number of aliphatic hydroxyl groups excluding tert-OH is 1. The van der Waals surface area contributed by atoms with Crippen molar-refractivity contribution in [2.45, 2.75) is 70.7 Å². The van der Waals surface area contributed by atoms with Gasteiger partial charge in [-0.25, -0.2) is 0 Å². The number of methoxy groups -OCH3 is 1. The fourth-order valence-electron chi connectivity index (χ4n) is 3.19. The minimum Gasteiger partial charge on any atom is -0.493 e. The van der Waals surface area contributed by atoms with E-state index in [4.69, 9.17) is 14.2 Å². The molecule has 6 nitrogen and oxygen atoms in total. The summed E-state index contributed by atoms with van der Waals surface area (Å²) in [6, 6.07) is 11.4. The number of esters is 1. The smallest absolute Gasteiger partial charge is 0.310 e. The quantitative estimate of drug-likeness (QED) is 0.309. The van der Waals surface area contributed by atoms with Gasteiger partial charge in [0.1, 0.15) is 12.0 Å². The molecule has 1 atom stereocenters. The van der Waals surface area contributed by atoms with Gasteiger partial charge in [0.05, 0.1) is 20.1 Å². The normalized spacial score (nSPS) is 12.7. The SMILES string of the molecule is CCOC(=O)Cc1ccc(OC)c(Oc2ccc(C(O)N(C)C(C)C)cc2CSC(C)(C)C)c1. The monoisotopic (exact) mass is 489 g/mol. The van der Waals surface area contributed by atoms with E-state index < -0.39 is 6.23 Å². The highest BCUT2D eigenvalue weighted by Gasteiger charge is 2.20. The number of carbonyl (C=O) groups is 1. The predicted octanol–water partition coefficient (Wildman–Crippen LogP) is 5.96. The van der Waals surface area contributed by atoms with Gasteiger partial charge in [-0.2, -0.15) is 11.8 Å². The van der Waals surface area contributed by atoms with Gasteiger partial charge < -0.3 is 19.3 Å². The zero-order chi connectivity index (χ0) is 25.5. The maximum Gasteiger partial charge on any atom is 0.310 e. The molecule has 0 amide bonds. The van der Waals surface area contributed by atoms with Crippen molar-refractivity contribution in [1.82, 2.24) is 4.90 Å². The summed E-state index contributed by atoms with van der Waals surface area (Å²) in [5.41, 5.74) is 2.58. The topological polar surface area (TPSA) is 68.2 Å². The van der Waals surface area contributed by atoms with Gasteiger partial charge in [0.2, 0.25) is 0 Å². The average Bonchev–Trinajstić information content (AvgIpc) is 2.77. The number of ether oxygens (including phenoxy) is 3. The van der Waals surface area contributed by atoms with E-state index in [0.29, 0.717) is 23.9 Å². The van der Waals surface area contributed by atoms with Crippen LogP contribution in [0.25, 0.3) is 0 Å². The second kappa shape index (κ2) is 12.5. The van der Waals surface area contributed by atoms with Crippen LogP contribution < -0.4 is 9.47 Å². The van der Waals surface area contributed by atoms with Crippen LogP contribution in [-0.2, 0) is 21.7 Å². The van der Waals surface area contributed by atoms with Crippen molar-refractivity contribution < 1.29 is 24.1 Å². The molecule has 2 rings (SSSR count). The van der Waals surface area contributed by atoms with Gasteiger partial charge in [0, 0.05) is 22.1 Å². The molecule has 0 saturated carbocycles. The van der Waals surface area contributed by atoms with Gasteiger partial charge in [-0.15, -0.1) is 0 Å². The Morgan fingerprint density at radius 3 is 2.35 bits per heavy atom. The average molecular weight is 490 g/mol. The number of benzene rings is 2. The lowest BCUT2D eigenvalue weighted by atomic mass is 10.1. The van der Waals surface area contributed by atoms with Crippen LogP contribution in [0.4, 0.5) is 0 Å². The molecule has 7 heteroatoms. The lowest BCUT2D eigenvalue weighted by Gasteiger charge is -2.28. The second-order valence-corrected chi connectivity index (χ2v) is 11.3. The number of nitrogens with zero attached hydrogens (tertiary/aromatic N) is 1. The van der Waals surface area contributed by atoms with Crippen molar-refractivity contribution in [3.63, 3.8) is 0 Å². The van der Waals surface area contributed by atoms with Crippen LogP contribution in [-0.4, -0.2) is 47.5 Å². The second-order valence-electron chi connectivity index (χ2n) is 9.47. The van der Waals surface area contributed by atoms with E-state index in [1.165, 1.54) is 0 Å². The van der Waals surface area contributed by atoms with Crippen LogP contribution >= 0.6 is 11.8 Å². The molecular weight excluding hydrogens is 450 g/mol. The van der Waals surface area contributed by atoms with Crippen LogP contribution in [0, 0.1) is 0 Å². The molecule has 0 heterocycles. The molecule has 0 spiro atoms. The molecule has 0 saturated heterocycles. The standard InChI is InChI=1S/C27H39NO5S/c1-9-32-25(29)15-19-10-12-23(31-8)24(14-19)33-22-13-11-20(26(30)28(7)18(2)3)16-21(22)17-34-27(4,5)6/h10-14,16,18,26,30H,9,15,17H2,1-8H3. The lowest BCUT2D eigenvalue weighted by Crippen LogP contribution is -2.30. The Labute approximate surface area is 208 Å². The van der Waals surface area contributed by atoms with Gasteiger partial charge in [0.15, 0.2) is 11.5 Å². The summed E-state index contributed by atoms with van der Waals surface area (Å²) in [5.74, 6) is 2.22. The van der Waals surface area contributed by atoms with Crippen LogP contribution in [0.3, 0.4) is 0 Å². The van der Waals surface area contributed by atoms with Crippen LogP contribution in [0.15, 0.2) is 36.4 Å². The summed E-state index contributed by atoms with van der Waals surface area (Å²) < 4.78 is 17.0. The summed E-state index contributed by atoms with van der Waals surface area (Å²) in [5, 5.41) is 10.9.